The Bertz CT molecular complexity index is 1320. The normalized spacial score (nSPS) is 24.8. The van der Waals surface area contributed by atoms with Crippen LogP contribution in [-0.4, -0.2) is 78.3 Å². The van der Waals surface area contributed by atoms with Gasteiger partial charge in [-0.2, -0.15) is 18.4 Å². The number of aromatic nitrogens is 1. The third-order valence-corrected chi connectivity index (χ3v) is 9.39. The minimum Gasteiger partial charge on any atom is -0.446 e. The summed E-state index contributed by atoms with van der Waals surface area (Å²) in [5, 5.41) is 9.60. The molecule has 3 aliphatic rings. The molecule has 8 nitrogen and oxygen atoms in total. The first-order valence-corrected chi connectivity index (χ1v) is 15.1. The number of piperidine rings is 1. The van der Waals surface area contributed by atoms with Crippen molar-refractivity contribution in [1.82, 2.24) is 14.8 Å². The van der Waals surface area contributed by atoms with Gasteiger partial charge in [0.1, 0.15) is 18.0 Å². The second kappa shape index (κ2) is 13.0. The standard InChI is InChI=1S/C31H35ClF3N5O3/c1-38(30(42)43-25-9-5-23(6-10-25)31(33,34)35)27-19-40(18-26(27)21-3-7-24(32)8-4-21)29(41)22-12-14-39(15-13-22)28-11-2-20(16-36)17-37-28/h2-4,7-8,11,17,22-23,25-27H,5-6,9-10,12-15,18-19H2,1H3. The van der Waals surface area contributed by atoms with E-state index in [1.54, 1.807) is 31.4 Å². The van der Waals surface area contributed by atoms with E-state index in [2.05, 4.69) is 16.0 Å². The Morgan fingerprint density at radius 1 is 1.02 bits per heavy atom. The number of hydrogen-bond donors (Lipinski definition) is 0. The van der Waals surface area contributed by atoms with Gasteiger partial charge in [0.15, 0.2) is 0 Å². The first-order valence-electron chi connectivity index (χ1n) is 14.7. The molecule has 3 heterocycles. The van der Waals surface area contributed by atoms with Gasteiger partial charge in [-0.25, -0.2) is 9.78 Å². The van der Waals surface area contributed by atoms with Gasteiger partial charge in [0, 0.05) is 56.3 Å². The average molecular weight is 618 g/mol. The molecule has 1 saturated carbocycles. The number of anilines is 1. The highest BCUT2D eigenvalue weighted by atomic mass is 35.5. The number of likely N-dealkylation sites (tertiary alicyclic amines) is 1. The van der Waals surface area contributed by atoms with Crippen LogP contribution in [0.5, 0.6) is 0 Å². The van der Waals surface area contributed by atoms with Gasteiger partial charge in [0.25, 0.3) is 0 Å². The van der Waals surface area contributed by atoms with Gasteiger partial charge in [-0.1, -0.05) is 23.7 Å². The van der Waals surface area contributed by atoms with Crippen LogP contribution in [0.25, 0.3) is 0 Å². The number of amides is 2. The number of alkyl halides is 3. The topological polar surface area (TPSA) is 89.8 Å². The molecule has 0 bridgehead atoms. The fourth-order valence-electron chi connectivity index (χ4n) is 6.52. The lowest BCUT2D eigenvalue weighted by Gasteiger charge is -2.34. The Kier molecular flexibility index (Phi) is 9.35. The minimum atomic E-state index is -4.23. The Hall–Kier alpha value is -3.52. The summed E-state index contributed by atoms with van der Waals surface area (Å²) in [5.74, 6) is -0.874. The number of nitriles is 1. The SMILES string of the molecule is CN(C(=O)OC1CCC(C(F)(F)F)CC1)C1CN(C(=O)C2CCN(c3ccc(C#N)cn3)CC2)CC1c1ccc(Cl)cc1. The number of hydrogen-bond acceptors (Lipinski definition) is 6. The van der Waals surface area contributed by atoms with Crippen LogP contribution in [0.3, 0.4) is 0 Å². The number of halogens is 4. The molecule has 0 N–H and O–H groups in total. The van der Waals surface area contributed by atoms with Crippen LogP contribution >= 0.6 is 11.6 Å². The van der Waals surface area contributed by atoms with Crippen LogP contribution in [-0.2, 0) is 9.53 Å². The maximum atomic E-state index is 13.7. The first kappa shape index (κ1) is 30.9. The molecule has 230 valence electrons. The number of rotatable bonds is 5. The summed E-state index contributed by atoms with van der Waals surface area (Å²) >= 11 is 6.12. The molecule has 0 radical (unpaired) electrons. The molecule has 1 aromatic heterocycles. The molecule has 1 aliphatic carbocycles. The fraction of sp³-hybridized carbons (Fsp3) is 0.548. The van der Waals surface area contributed by atoms with Gasteiger partial charge in [-0.3, -0.25) is 4.79 Å². The van der Waals surface area contributed by atoms with Crippen LogP contribution in [0.15, 0.2) is 42.6 Å². The Labute approximate surface area is 254 Å². The predicted molar refractivity (Wildman–Crippen MR) is 154 cm³/mol. The van der Waals surface area contributed by atoms with E-state index in [-0.39, 0.29) is 49.5 Å². The summed E-state index contributed by atoms with van der Waals surface area (Å²) in [6, 6.07) is 12.6. The number of nitrogens with zero attached hydrogens (tertiary/aromatic N) is 5. The van der Waals surface area contributed by atoms with Crippen LogP contribution in [0.4, 0.5) is 23.8 Å². The Morgan fingerprint density at radius 2 is 1.70 bits per heavy atom. The van der Waals surface area contributed by atoms with Gasteiger partial charge in [-0.15, -0.1) is 0 Å². The van der Waals surface area contributed by atoms with Crippen molar-refractivity contribution < 1.29 is 27.5 Å². The van der Waals surface area contributed by atoms with E-state index in [1.807, 2.05) is 23.1 Å². The fourth-order valence-corrected chi connectivity index (χ4v) is 6.64. The van der Waals surface area contributed by atoms with E-state index in [0.29, 0.717) is 49.6 Å². The van der Waals surface area contributed by atoms with Gasteiger partial charge < -0.3 is 19.4 Å². The molecule has 2 atom stereocenters. The molecule has 2 amide bonds. The minimum absolute atomic E-state index is 0.0427. The van der Waals surface area contributed by atoms with Gasteiger partial charge in [-0.05, 0) is 68.4 Å². The van der Waals surface area contributed by atoms with Crippen LogP contribution in [0.2, 0.25) is 5.02 Å². The van der Waals surface area contributed by atoms with Crippen molar-refractivity contribution >= 4 is 29.4 Å². The van der Waals surface area contributed by atoms with Crippen LogP contribution < -0.4 is 4.90 Å². The zero-order valence-corrected chi connectivity index (χ0v) is 24.7. The molecule has 2 unspecified atom stereocenters. The van der Waals surface area contributed by atoms with Crippen molar-refractivity contribution in [3.8, 4) is 6.07 Å². The lowest BCUT2D eigenvalue weighted by atomic mass is 9.87. The number of benzene rings is 1. The summed E-state index contributed by atoms with van der Waals surface area (Å²) in [6.45, 7) is 2.08. The number of carbonyl (C=O) groups excluding carboxylic acids is 2. The van der Waals surface area contributed by atoms with Crippen molar-refractivity contribution in [3.05, 3.63) is 58.7 Å². The van der Waals surface area contributed by atoms with Gasteiger partial charge in [0.2, 0.25) is 5.91 Å². The molecular formula is C31H35ClF3N5O3. The van der Waals surface area contributed by atoms with E-state index in [1.165, 1.54) is 4.90 Å². The predicted octanol–water partition coefficient (Wildman–Crippen LogP) is 6.01. The van der Waals surface area contributed by atoms with Crippen LogP contribution in [0.1, 0.15) is 55.6 Å². The second-order valence-electron chi connectivity index (χ2n) is 11.8. The summed E-state index contributed by atoms with van der Waals surface area (Å²) in [4.78, 5) is 36.8. The smallest absolute Gasteiger partial charge is 0.410 e. The van der Waals surface area contributed by atoms with E-state index < -0.39 is 24.3 Å². The Morgan fingerprint density at radius 3 is 2.28 bits per heavy atom. The summed E-state index contributed by atoms with van der Waals surface area (Å²) < 4.78 is 44.9. The number of carbonyl (C=O) groups is 2. The highest BCUT2D eigenvalue weighted by Gasteiger charge is 2.44. The third kappa shape index (κ3) is 7.18. The highest BCUT2D eigenvalue weighted by molar-refractivity contribution is 6.30. The molecule has 2 aliphatic heterocycles. The molecular weight excluding hydrogens is 583 g/mol. The van der Waals surface area contributed by atoms with Crippen molar-refractivity contribution in [3.63, 3.8) is 0 Å². The van der Waals surface area contributed by atoms with Gasteiger partial charge >= 0.3 is 12.3 Å². The maximum absolute atomic E-state index is 13.7. The van der Waals surface area contributed by atoms with E-state index in [4.69, 9.17) is 21.6 Å². The zero-order chi connectivity index (χ0) is 30.7. The zero-order valence-electron chi connectivity index (χ0n) is 24.0. The van der Waals surface area contributed by atoms with Crippen molar-refractivity contribution in [2.45, 2.75) is 62.8 Å². The van der Waals surface area contributed by atoms with E-state index >= 15 is 0 Å². The summed E-state index contributed by atoms with van der Waals surface area (Å²) in [5.41, 5.74) is 1.44. The summed E-state index contributed by atoms with van der Waals surface area (Å²) in [7, 11) is 1.63. The average Bonchev–Trinajstić information content (AvgIpc) is 3.46. The van der Waals surface area contributed by atoms with Crippen LogP contribution in [0, 0.1) is 23.2 Å². The van der Waals surface area contributed by atoms with Crippen molar-refractivity contribution in [2.24, 2.45) is 11.8 Å². The number of likely N-dealkylation sites (N-methyl/N-ethyl adjacent to an activating group) is 1. The second-order valence-corrected chi connectivity index (χ2v) is 12.2. The molecule has 2 aromatic rings. The van der Waals surface area contributed by atoms with E-state index in [0.717, 1.165) is 11.4 Å². The molecule has 5 rings (SSSR count). The quantitative estimate of drug-likeness (QED) is 0.408. The monoisotopic (exact) mass is 617 g/mol. The largest absolute Gasteiger partial charge is 0.446 e. The van der Waals surface area contributed by atoms with Gasteiger partial charge in [0.05, 0.1) is 17.5 Å². The summed E-state index contributed by atoms with van der Waals surface area (Å²) in [6.07, 6.45) is -2.26. The van der Waals surface area contributed by atoms with Crippen molar-refractivity contribution in [1.29, 1.82) is 5.26 Å². The third-order valence-electron chi connectivity index (χ3n) is 9.13. The van der Waals surface area contributed by atoms with Crippen molar-refractivity contribution in [2.75, 3.05) is 38.1 Å². The molecule has 1 aromatic carbocycles. The molecule has 0 spiro atoms. The number of ether oxygens (including phenoxy) is 1. The first-order chi connectivity index (χ1) is 20.5. The molecule has 43 heavy (non-hydrogen) atoms. The molecule has 2 saturated heterocycles. The molecule has 12 heteroatoms. The molecule has 3 fully saturated rings. The Balaban J connectivity index is 1.23. The highest BCUT2D eigenvalue weighted by Crippen LogP contribution is 2.39. The number of pyridine rings is 1. The lowest BCUT2D eigenvalue weighted by molar-refractivity contribution is -0.186. The maximum Gasteiger partial charge on any atom is 0.410 e. The lowest BCUT2D eigenvalue weighted by Crippen LogP contribution is -2.45. The van der Waals surface area contributed by atoms with E-state index in [9.17, 15) is 22.8 Å².